The van der Waals surface area contributed by atoms with Gasteiger partial charge in [-0.3, -0.25) is 4.79 Å². The van der Waals surface area contributed by atoms with E-state index in [4.69, 9.17) is 11.6 Å². The fraction of sp³-hybridized carbons (Fsp3) is 0.409. The van der Waals surface area contributed by atoms with Crippen LogP contribution in [0.4, 0.5) is 0 Å². The molecule has 1 amide bonds. The third-order valence-corrected chi connectivity index (χ3v) is 7.54. The first-order chi connectivity index (χ1) is 13.9. The van der Waals surface area contributed by atoms with Crippen molar-refractivity contribution in [2.75, 3.05) is 19.6 Å². The molecule has 7 heteroatoms. The van der Waals surface area contributed by atoms with E-state index in [0.29, 0.717) is 25.2 Å². The highest BCUT2D eigenvalue weighted by Crippen LogP contribution is 2.23. The van der Waals surface area contributed by atoms with Crippen LogP contribution in [0.15, 0.2) is 47.4 Å². The van der Waals surface area contributed by atoms with Gasteiger partial charge in [0.15, 0.2) is 0 Å². The zero-order chi connectivity index (χ0) is 20.9. The van der Waals surface area contributed by atoms with Gasteiger partial charge in [0.2, 0.25) is 10.0 Å². The molecule has 0 bridgehead atoms. The van der Waals surface area contributed by atoms with Gasteiger partial charge in [0.1, 0.15) is 0 Å². The topological polar surface area (TPSA) is 66.5 Å². The number of benzene rings is 2. The predicted octanol–water partition coefficient (Wildman–Crippen LogP) is 4.19. The van der Waals surface area contributed by atoms with Crippen LogP contribution >= 0.6 is 11.6 Å². The number of hydrogen-bond acceptors (Lipinski definition) is 3. The molecular formula is C22H27ClN2O3S. The van der Waals surface area contributed by atoms with E-state index < -0.39 is 10.0 Å². The lowest BCUT2D eigenvalue weighted by Crippen LogP contribution is -2.35. The van der Waals surface area contributed by atoms with Crippen molar-refractivity contribution in [3.63, 3.8) is 0 Å². The Hall–Kier alpha value is -1.89. The quantitative estimate of drug-likeness (QED) is 0.664. The standard InChI is InChI=1S/C22H27ClN2O3S/c1-17-11-12-19(29(27,28)25-14-5-2-6-15-25)16-20(17)22(26)24-13-7-9-18-8-3-4-10-21(18)23/h3-4,8,10-12,16H,2,5-7,9,13-15H2,1H3,(H,24,26). The summed E-state index contributed by atoms with van der Waals surface area (Å²) >= 11 is 6.16. The Morgan fingerprint density at radius 2 is 1.83 bits per heavy atom. The van der Waals surface area contributed by atoms with Gasteiger partial charge in [-0.05, 0) is 61.9 Å². The zero-order valence-electron chi connectivity index (χ0n) is 16.7. The second-order valence-electron chi connectivity index (χ2n) is 7.39. The van der Waals surface area contributed by atoms with Crippen LogP contribution < -0.4 is 5.32 Å². The molecule has 1 saturated heterocycles. The number of carbonyl (C=O) groups excluding carboxylic acids is 1. The molecule has 1 fully saturated rings. The fourth-order valence-corrected chi connectivity index (χ4v) is 5.31. The van der Waals surface area contributed by atoms with Crippen molar-refractivity contribution in [3.8, 4) is 0 Å². The van der Waals surface area contributed by atoms with Crippen molar-refractivity contribution in [1.82, 2.24) is 9.62 Å². The zero-order valence-corrected chi connectivity index (χ0v) is 18.2. The van der Waals surface area contributed by atoms with Crippen molar-refractivity contribution in [2.45, 2.75) is 43.9 Å². The van der Waals surface area contributed by atoms with Gasteiger partial charge >= 0.3 is 0 Å². The highest BCUT2D eigenvalue weighted by atomic mass is 35.5. The van der Waals surface area contributed by atoms with Crippen molar-refractivity contribution >= 4 is 27.5 Å². The van der Waals surface area contributed by atoms with Crippen molar-refractivity contribution in [2.24, 2.45) is 0 Å². The molecule has 0 spiro atoms. The maximum atomic E-state index is 12.9. The minimum Gasteiger partial charge on any atom is -0.352 e. The molecule has 0 saturated carbocycles. The van der Waals surface area contributed by atoms with Gasteiger partial charge in [0.25, 0.3) is 5.91 Å². The van der Waals surface area contributed by atoms with Gasteiger partial charge in [-0.2, -0.15) is 4.31 Å². The van der Waals surface area contributed by atoms with Gasteiger partial charge in [0, 0.05) is 30.2 Å². The van der Waals surface area contributed by atoms with E-state index in [9.17, 15) is 13.2 Å². The number of aryl methyl sites for hydroxylation is 2. The second-order valence-corrected chi connectivity index (χ2v) is 9.74. The molecular weight excluding hydrogens is 408 g/mol. The third kappa shape index (κ3) is 5.38. The van der Waals surface area contributed by atoms with Gasteiger partial charge < -0.3 is 5.32 Å². The molecule has 1 aliphatic heterocycles. The molecule has 0 radical (unpaired) electrons. The molecule has 156 valence electrons. The number of amides is 1. The number of halogens is 1. The van der Waals surface area contributed by atoms with E-state index in [1.54, 1.807) is 12.1 Å². The number of carbonyl (C=O) groups is 1. The molecule has 0 unspecified atom stereocenters. The van der Waals surface area contributed by atoms with Gasteiger partial charge in [0.05, 0.1) is 4.90 Å². The first-order valence-electron chi connectivity index (χ1n) is 10.0. The molecule has 1 aliphatic rings. The lowest BCUT2D eigenvalue weighted by molar-refractivity contribution is 0.0952. The van der Waals surface area contributed by atoms with Crippen molar-refractivity contribution in [3.05, 3.63) is 64.2 Å². The molecule has 29 heavy (non-hydrogen) atoms. The molecule has 1 N–H and O–H groups in total. The van der Waals surface area contributed by atoms with Crippen LogP contribution in [0.5, 0.6) is 0 Å². The lowest BCUT2D eigenvalue weighted by Gasteiger charge is -2.26. The van der Waals surface area contributed by atoms with E-state index in [2.05, 4.69) is 5.32 Å². The lowest BCUT2D eigenvalue weighted by atomic mass is 10.1. The Kier molecular flexibility index (Phi) is 7.33. The molecule has 3 rings (SSSR count). The number of hydrogen-bond donors (Lipinski definition) is 1. The van der Waals surface area contributed by atoms with E-state index in [1.165, 1.54) is 10.4 Å². The van der Waals surface area contributed by atoms with Crippen molar-refractivity contribution < 1.29 is 13.2 Å². The Morgan fingerprint density at radius 3 is 2.55 bits per heavy atom. The highest BCUT2D eigenvalue weighted by molar-refractivity contribution is 7.89. The number of nitrogens with zero attached hydrogens (tertiary/aromatic N) is 1. The summed E-state index contributed by atoms with van der Waals surface area (Å²) in [6, 6.07) is 12.5. The van der Waals surface area contributed by atoms with Crippen LogP contribution in [0.25, 0.3) is 0 Å². The maximum Gasteiger partial charge on any atom is 0.251 e. The number of nitrogens with one attached hydrogen (secondary N) is 1. The predicted molar refractivity (Wildman–Crippen MR) is 116 cm³/mol. The first kappa shape index (κ1) is 21.8. The molecule has 2 aromatic rings. The highest BCUT2D eigenvalue weighted by Gasteiger charge is 2.27. The summed E-state index contributed by atoms with van der Waals surface area (Å²) in [5, 5.41) is 3.62. The number of rotatable bonds is 7. The van der Waals surface area contributed by atoms with Crippen LogP contribution in [0, 0.1) is 6.92 Å². The maximum absolute atomic E-state index is 12.9. The smallest absolute Gasteiger partial charge is 0.251 e. The minimum atomic E-state index is -3.56. The van der Waals surface area contributed by atoms with E-state index in [0.717, 1.165) is 48.3 Å². The fourth-order valence-electron chi connectivity index (χ4n) is 3.54. The number of piperidine rings is 1. The molecule has 5 nitrogen and oxygen atoms in total. The van der Waals surface area contributed by atoms with Crippen LogP contribution in [0.3, 0.4) is 0 Å². The average Bonchev–Trinajstić information content (AvgIpc) is 2.73. The Morgan fingerprint density at radius 1 is 1.10 bits per heavy atom. The Labute approximate surface area is 178 Å². The Bertz CT molecular complexity index is 970. The van der Waals surface area contributed by atoms with Gasteiger partial charge in [-0.1, -0.05) is 42.3 Å². The van der Waals surface area contributed by atoms with E-state index >= 15 is 0 Å². The Balaban J connectivity index is 1.64. The summed E-state index contributed by atoms with van der Waals surface area (Å²) in [4.78, 5) is 12.8. The van der Waals surface area contributed by atoms with E-state index in [-0.39, 0.29) is 10.8 Å². The van der Waals surface area contributed by atoms with Crippen LogP contribution in [0.2, 0.25) is 5.02 Å². The molecule has 0 aliphatic carbocycles. The monoisotopic (exact) mass is 434 g/mol. The molecule has 2 aromatic carbocycles. The van der Waals surface area contributed by atoms with Crippen LogP contribution in [-0.4, -0.2) is 38.3 Å². The van der Waals surface area contributed by atoms with Crippen molar-refractivity contribution in [1.29, 1.82) is 0 Å². The average molecular weight is 435 g/mol. The largest absolute Gasteiger partial charge is 0.352 e. The van der Waals surface area contributed by atoms with E-state index in [1.807, 2.05) is 31.2 Å². The van der Waals surface area contributed by atoms with Gasteiger partial charge in [-0.15, -0.1) is 0 Å². The second kappa shape index (κ2) is 9.74. The molecule has 0 atom stereocenters. The number of sulfonamides is 1. The van der Waals surface area contributed by atoms with Crippen LogP contribution in [-0.2, 0) is 16.4 Å². The summed E-state index contributed by atoms with van der Waals surface area (Å²) in [6.07, 6.45) is 4.33. The summed E-state index contributed by atoms with van der Waals surface area (Å²) < 4.78 is 27.3. The third-order valence-electron chi connectivity index (χ3n) is 5.27. The molecule has 0 aromatic heterocycles. The van der Waals surface area contributed by atoms with Crippen LogP contribution in [0.1, 0.15) is 47.2 Å². The summed E-state index contributed by atoms with van der Waals surface area (Å²) in [5.74, 6) is -0.252. The first-order valence-corrected chi connectivity index (χ1v) is 11.8. The minimum absolute atomic E-state index is 0.186. The SMILES string of the molecule is Cc1ccc(S(=O)(=O)N2CCCCC2)cc1C(=O)NCCCc1ccccc1Cl. The van der Waals surface area contributed by atoms with Gasteiger partial charge in [-0.25, -0.2) is 8.42 Å². The summed E-state index contributed by atoms with van der Waals surface area (Å²) in [5.41, 5.74) is 2.21. The molecule has 1 heterocycles. The summed E-state index contributed by atoms with van der Waals surface area (Å²) in [7, 11) is -3.56. The normalized spacial score (nSPS) is 15.2. The summed E-state index contributed by atoms with van der Waals surface area (Å²) in [6.45, 7) is 3.39.